The third-order valence-electron chi connectivity index (χ3n) is 4.63. The molecule has 0 unspecified atom stereocenters. The fraction of sp³-hybridized carbons (Fsp3) is 0.529. The van der Waals surface area contributed by atoms with E-state index >= 15 is 0 Å². The van der Waals surface area contributed by atoms with Gasteiger partial charge in [0, 0.05) is 5.92 Å². The molecule has 3 rings (SSSR count). The quantitative estimate of drug-likeness (QED) is 0.831. The van der Waals surface area contributed by atoms with Crippen LogP contribution in [0, 0.1) is 5.92 Å². The SMILES string of the molecule is C[C@H](NC(=O)CN1CCC(C(N)=O)CC1)c1ccc2c(c1)OCO2. The maximum absolute atomic E-state index is 12.2. The molecule has 2 aliphatic rings. The Hall–Kier alpha value is -2.28. The summed E-state index contributed by atoms with van der Waals surface area (Å²) in [6, 6.07) is 5.56. The Morgan fingerprint density at radius 2 is 2.00 bits per heavy atom. The summed E-state index contributed by atoms with van der Waals surface area (Å²) in [4.78, 5) is 25.5. The highest BCUT2D eigenvalue weighted by Gasteiger charge is 2.24. The predicted molar refractivity (Wildman–Crippen MR) is 87.5 cm³/mol. The number of nitrogens with zero attached hydrogens (tertiary/aromatic N) is 1. The van der Waals surface area contributed by atoms with Gasteiger partial charge in [-0.15, -0.1) is 0 Å². The van der Waals surface area contributed by atoms with Gasteiger partial charge in [0.15, 0.2) is 11.5 Å². The zero-order valence-electron chi connectivity index (χ0n) is 13.8. The van der Waals surface area contributed by atoms with E-state index in [0.29, 0.717) is 12.3 Å². The van der Waals surface area contributed by atoms with Gasteiger partial charge in [0.05, 0.1) is 12.6 Å². The molecule has 0 radical (unpaired) electrons. The number of piperidine rings is 1. The van der Waals surface area contributed by atoms with E-state index in [1.807, 2.05) is 25.1 Å². The molecule has 0 aliphatic carbocycles. The molecule has 0 saturated carbocycles. The van der Waals surface area contributed by atoms with Crippen LogP contribution in [0.15, 0.2) is 18.2 Å². The number of amides is 2. The summed E-state index contributed by atoms with van der Waals surface area (Å²) >= 11 is 0. The first-order valence-corrected chi connectivity index (χ1v) is 8.23. The number of primary amides is 1. The van der Waals surface area contributed by atoms with Gasteiger partial charge in [0.2, 0.25) is 18.6 Å². The van der Waals surface area contributed by atoms with Gasteiger partial charge in [0.1, 0.15) is 0 Å². The molecular formula is C17H23N3O4. The van der Waals surface area contributed by atoms with E-state index in [4.69, 9.17) is 15.2 Å². The number of benzene rings is 1. The summed E-state index contributed by atoms with van der Waals surface area (Å²) in [5.74, 6) is 1.11. The number of hydrogen-bond donors (Lipinski definition) is 2. The first kappa shape index (κ1) is 16.6. The van der Waals surface area contributed by atoms with E-state index in [2.05, 4.69) is 10.2 Å². The average Bonchev–Trinajstić information content (AvgIpc) is 3.02. The minimum Gasteiger partial charge on any atom is -0.454 e. The monoisotopic (exact) mass is 333 g/mol. The van der Waals surface area contributed by atoms with E-state index in [1.165, 1.54) is 0 Å². The van der Waals surface area contributed by atoms with Gasteiger partial charge in [-0.1, -0.05) is 6.07 Å². The summed E-state index contributed by atoms with van der Waals surface area (Å²) in [6.07, 6.45) is 1.45. The molecule has 1 fully saturated rings. The van der Waals surface area contributed by atoms with Gasteiger partial charge in [-0.2, -0.15) is 0 Å². The van der Waals surface area contributed by atoms with Crippen molar-refractivity contribution in [3.8, 4) is 11.5 Å². The Morgan fingerprint density at radius 3 is 2.71 bits per heavy atom. The fourth-order valence-corrected chi connectivity index (χ4v) is 3.13. The van der Waals surface area contributed by atoms with Crippen molar-refractivity contribution in [3.05, 3.63) is 23.8 Å². The Kier molecular flexibility index (Phi) is 4.89. The zero-order chi connectivity index (χ0) is 17.1. The number of likely N-dealkylation sites (tertiary alicyclic amines) is 1. The van der Waals surface area contributed by atoms with Crippen molar-refractivity contribution in [2.45, 2.75) is 25.8 Å². The fourth-order valence-electron chi connectivity index (χ4n) is 3.13. The number of nitrogens with two attached hydrogens (primary N) is 1. The maximum atomic E-state index is 12.2. The van der Waals surface area contributed by atoms with Gasteiger partial charge in [0.25, 0.3) is 0 Å². The largest absolute Gasteiger partial charge is 0.454 e. The average molecular weight is 333 g/mol. The molecule has 0 bridgehead atoms. The van der Waals surface area contributed by atoms with Crippen LogP contribution in [0.5, 0.6) is 11.5 Å². The molecule has 0 aromatic heterocycles. The summed E-state index contributed by atoms with van der Waals surface area (Å²) in [7, 11) is 0. The van der Waals surface area contributed by atoms with Crippen molar-refractivity contribution in [1.29, 1.82) is 0 Å². The molecule has 2 aliphatic heterocycles. The number of carbonyl (C=O) groups is 2. The zero-order valence-corrected chi connectivity index (χ0v) is 13.8. The van der Waals surface area contributed by atoms with Crippen molar-refractivity contribution in [1.82, 2.24) is 10.2 Å². The van der Waals surface area contributed by atoms with Crippen LogP contribution in [0.2, 0.25) is 0 Å². The molecule has 7 nitrogen and oxygen atoms in total. The lowest BCUT2D eigenvalue weighted by molar-refractivity contribution is -0.124. The Bertz CT molecular complexity index is 626. The van der Waals surface area contributed by atoms with Crippen molar-refractivity contribution in [2.24, 2.45) is 11.7 Å². The topological polar surface area (TPSA) is 93.9 Å². The number of carbonyl (C=O) groups excluding carboxylic acids is 2. The molecule has 24 heavy (non-hydrogen) atoms. The first-order valence-electron chi connectivity index (χ1n) is 8.23. The minimum atomic E-state index is -0.240. The molecule has 1 aromatic carbocycles. The summed E-state index contributed by atoms with van der Waals surface area (Å²) in [5.41, 5.74) is 6.30. The highest BCUT2D eigenvalue weighted by Crippen LogP contribution is 2.34. The normalized spacial score (nSPS) is 19.0. The smallest absolute Gasteiger partial charge is 0.234 e. The lowest BCUT2D eigenvalue weighted by Crippen LogP contribution is -2.44. The number of ether oxygens (including phenoxy) is 2. The molecular weight excluding hydrogens is 310 g/mol. The highest BCUT2D eigenvalue weighted by molar-refractivity contribution is 5.79. The first-order chi connectivity index (χ1) is 11.5. The van der Waals surface area contributed by atoms with Crippen LogP contribution >= 0.6 is 0 Å². The van der Waals surface area contributed by atoms with E-state index in [0.717, 1.165) is 37.2 Å². The van der Waals surface area contributed by atoms with Gasteiger partial charge in [-0.3, -0.25) is 14.5 Å². The van der Waals surface area contributed by atoms with Crippen LogP contribution in [0.25, 0.3) is 0 Å². The molecule has 1 aromatic rings. The molecule has 130 valence electrons. The highest BCUT2D eigenvalue weighted by atomic mass is 16.7. The second kappa shape index (κ2) is 7.09. The molecule has 1 saturated heterocycles. The lowest BCUT2D eigenvalue weighted by Gasteiger charge is -2.30. The molecule has 2 amide bonds. The van der Waals surface area contributed by atoms with Crippen LogP contribution in [-0.4, -0.2) is 43.1 Å². The molecule has 7 heteroatoms. The van der Waals surface area contributed by atoms with Crippen LogP contribution in [-0.2, 0) is 9.59 Å². The van der Waals surface area contributed by atoms with E-state index in [9.17, 15) is 9.59 Å². The summed E-state index contributed by atoms with van der Waals surface area (Å²) in [5, 5.41) is 3.00. The van der Waals surface area contributed by atoms with E-state index in [1.54, 1.807) is 0 Å². The minimum absolute atomic E-state index is 0.0299. The Labute approximate surface area is 141 Å². The van der Waals surface area contributed by atoms with Crippen molar-refractivity contribution in [2.75, 3.05) is 26.4 Å². The predicted octanol–water partition coefficient (Wildman–Crippen LogP) is 0.790. The second-order valence-electron chi connectivity index (χ2n) is 6.35. The summed E-state index contributed by atoms with van der Waals surface area (Å²) < 4.78 is 10.7. The number of rotatable bonds is 5. The Balaban J connectivity index is 1.49. The van der Waals surface area contributed by atoms with Crippen LogP contribution < -0.4 is 20.5 Å². The third-order valence-corrected chi connectivity index (χ3v) is 4.63. The lowest BCUT2D eigenvalue weighted by atomic mass is 9.96. The van der Waals surface area contributed by atoms with Gasteiger partial charge in [-0.25, -0.2) is 0 Å². The number of nitrogens with one attached hydrogen (secondary N) is 1. The molecule has 0 spiro atoms. The van der Waals surface area contributed by atoms with Crippen molar-refractivity contribution in [3.63, 3.8) is 0 Å². The molecule has 1 atom stereocenters. The standard InChI is InChI=1S/C17H23N3O4/c1-11(13-2-3-14-15(8-13)24-10-23-14)19-16(21)9-20-6-4-12(5-7-20)17(18)22/h2-3,8,11-12H,4-7,9-10H2,1H3,(H2,18,22)(H,19,21)/t11-/m0/s1. The molecule has 2 heterocycles. The van der Waals surface area contributed by atoms with Crippen LogP contribution in [0.3, 0.4) is 0 Å². The van der Waals surface area contributed by atoms with Crippen molar-refractivity contribution < 1.29 is 19.1 Å². The van der Waals surface area contributed by atoms with E-state index in [-0.39, 0.29) is 30.6 Å². The second-order valence-corrected chi connectivity index (χ2v) is 6.35. The van der Waals surface area contributed by atoms with Crippen LogP contribution in [0.1, 0.15) is 31.4 Å². The van der Waals surface area contributed by atoms with Gasteiger partial charge < -0.3 is 20.5 Å². The van der Waals surface area contributed by atoms with E-state index < -0.39 is 0 Å². The maximum Gasteiger partial charge on any atom is 0.234 e. The van der Waals surface area contributed by atoms with Gasteiger partial charge >= 0.3 is 0 Å². The van der Waals surface area contributed by atoms with Gasteiger partial charge in [-0.05, 0) is 50.6 Å². The van der Waals surface area contributed by atoms with Crippen LogP contribution in [0.4, 0.5) is 0 Å². The third kappa shape index (κ3) is 3.79. The number of fused-ring (bicyclic) bond motifs is 1. The number of hydrogen-bond acceptors (Lipinski definition) is 5. The summed E-state index contributed by atoms with van der Waals surface area (Å²) in [6.45, 7) is 3.95. The molecule has 3 N–H and O–H groups in total. The Morgan fingerprint density at radius 1 is 1.29 bits per heavy atom. The van der Waals surface area contributed by atoms with Crippen molar-refractivity contribution >= 4 is 11.8 Å².